The van der Waals surface area contributed by atoms with Gasteiger partial charge in [-0.3, -0.25) is 14.4 Å². The molecule has 0 fully saturated rings. The molecule has 0 saturated heterocycles. The van der Waals surface area contributed by atoms with Crippen LogP contribution in [0.3, 0.4) is 0 Å². The number of esters is 3. The zero-order valence-corrected chi connectivity index (χ0v) is 43.8. The lowest BCUT2D eigenvalue weighted by atomic mass is 10.1. The van der Waals surface area contributed by atoms with Crippen molar-refractivity contribution in [3.8, 4) is 0 Å². The number of ether oxygens (including phenoxy) is 3. The molecule has 1 atom stereocenters. The van der Waals surface area contributed by atoms with Crippen LogP contribution in [0.25, 0.3) is 0 Å². The van der Waals surface area contributed by atoms with Gasteiger partial charge in [0.05, 0.1) is 0 Å². The molecule has 0 amide bonds. The van der Waals surface area contributed by atoms with Crippen LogP contribution in [0.15, 0.2) is 158 Å². The van der Waals surface area contributed by atoms with Crippen molar-refractivity contribution in [3.05, 3.63) is 158 Å². The molecular formula is C63H96O6. The highest BCUT2D eigenvalue weighted by Gasteiger charge is 2.19. The zero-order chi connectivity index (χ0) is 50.0. The number of hydrogen-bond donors (Lipinski definition) is 0. The highest BCUT2D eigenvalue weighted by Crippen LogP contribution is 2.11. The fraction of sp³-hybridized carbons (Fsp3) is 0.540. The quantitative estimate of drug-likeness (QED) is 0.0262. The van der Waals surface area contributed by atoms with Gasteiger partial charge in [0, 0.05) is 19.3 Å². The number of carbonyl (C=O) groups is 3. The van der Waals surface area contributed by atoms with Gasteiger partial charge in [0.1, 0.15) is 13.2 Å². The van der Waals surface area contributed by atoms with E-state index < -0.39 is 6.10 Å². The second-order valence-electron chi connectivity index (χ2n) is 17.0. The minimum Gasteiger partial charge on any atom is -0.462 e. The highest BCUT2D eigenvalue weighted by atomic mass is 16.6. The summed E-state index contributed by atoms with van der Waals surface area (Å²) in [6, 6.07) is 0. The van der Waals surface area contributed by atoms with Crippen molar-refractivity contribution in [3.63, 3.8) is 0 Å². The molecule has 0 aliphatic carbocycles. The fourth-order valence-electron chi connectivity index (χ4n) is 6.57. The molecule has 0 aliphatic heterocycles. The van der Waals surface area contributed by atoms with Crippen molar-refractivity contribution >= 4 is 17.9 Å². The van der Waals surface area contributed by atoms with Gasteiger partial charge in [-0.2, -0.15) is 0 Å². The van der Waals surface area contributed by atoms with E-state index in [4.69, 9.17) is 14.2 Å². The monoisotopic (exact) mass is 949 g/mol. The van der Waals surface area contributed by atoms with Gasteiger partial charge in [-0.25, -0.2) is 0 Å². The Kier molecular flexibility index (Phi) is 51.6. The van der Waals surface area contributed by atoms with Crippen LogP contribution >= 0.6 is 0 Å². The van der Waals surface area contributed by atoms with Gasteiger partial charge in [-0.15, -0.1) is 0 Å². The summed E-state index contributed by atoms with van der Waals surface area (Å²) in [4.78, 5) is 38.1. The van der Waals surface area contributed by atoms with Gasteiger partial charge in [0.2, 0.25) is 0 Å². The van der Waals surface area contributed by atoms with Crippen LogP contribution < -0.4 is 0 Å². The van der Waals surface area contributed by atoms with Crippen LogP contribution in [0, 0.1) is 0 Å². The zero-order valence-electron chi connectivity index (χ0n) is 43.8. The van der Waals surface area contributed by atoms with Crippen molar-refractivity contribution in [1.82, 2.24) is 0 Å². The van der Waals surface area contributed by atoms with Gasteiger partial charge < -0.3 is 14.2 Å². The molecule has 0 aromatic rings. The second kappa shape index (κ2) is 55.6. The fourth-order valence-corrected chi connectivity index (χ4v) is 6.57. The normalized spacial score (nSPS) is 13.4. The SMILES string of the molecule is CC/C=C\C/C=C\C/C=C\C/C=C\C/C=C\CCCCCC(=O)OC[C@H](COC(=O)CCCC/C=C\C/C=C\C/C=C\C/C=C\CC)OC(=O)CCCCCC/C=C\C/C=C\C/C=C\C/C=C\CC. The molecule has 384 valence electrons. The van der Waals surface area contributed by atoms with E-state index in [1.807, 2.05) is 0 Å². The first-order chi connectivity index (χ1) is 34.0. The number of allylic oxidation sites excluding steroid dienone is 26. The highest BCUT2D eigenvalue weighted by molar-refractivity contribution is 5.71. The average Bonchev–Trinajstić information content (AvgIpc) is 3.35. The lowest BCUT2D eigenvalue weighted by Gasteiger charge is -2.18. The lowest BCUT2D eigenvalue weighted by molar-refractivity contribution is -0.167. The molecule has 0 unspecified atom stereocenters. The number of unbranched alkanes of at least 4 members (excludes halogenated alkanes) is 9. The van der Waals surface area contributed by atoms with Gasteiger partial charge in [0.15, 0.2) is 6.10 Å². The number of hydrogen-bond acceptors (Lipinski definition) is 6. The molecule has 6 heteroatoms. The first-order valence-corrected chi connectivity index (χ1v) is 27.0. The molecule has 0 saturated carbocycles. The largest absolute Gasteiger partial charge is 0.462 e. The van der Waals surface area contributed by atoms with E-state index in [0.717, 1.165) is 154 Å². The summed E-state index contributed by atoms with van der Waals surface area (Å²) < 4.78 is 16.7. The predicted molar refractivity (Wildman–Crippen MR) is 297 cm³/mol. The van der Waals surface area contributed by atoms with Gasteiger partial charge in [-0.05, 0) is 141 Å². The molecule has 0 aromatic carbocycles. The van der Waals surface area contributed by atoms with E-state index in [2.05, 4.69) is 179 Å². The van der Waals surface area contributed by atoms with E-state index in [1.165, 1.54) is 0 Å². The second-order valence-corrected chi connectivity index (χ2v) is 17.0. The summed E-state index contributed by atoms with van der Waals surface area (Å²) >= 11 is 0. The Morgan fingerprint density at radius 2 is 0.522 bits per heavy atom. The maximum absolute atomic E-state index is 12.8. The molecule has 6 nitrogen and oxygen atoms in total. The molecule has 0 bridgehead atoms. The predicted octanol–water partition coefficient (Wildman–Crippen LogP) is 18.2. The maximum atomic E-state index is 12.8. The van der Waals surface area contributed by atoms with Crippen LogP contribution in [0.2, 0.25) is 0 Å². The smallest absolute Gasteiger partial charge is 0.306 e. The van der Waals surface area contributed by atoms with Crippen molar-refractivity contribution in [2.24, 2.45) is 0 Å². The summed E-state index contributed by atoms with van der Waals surface area (Å²) in [5.74, 6) is -1.03. The Bertz CT molecular complexity index is 1610. The van der Waals surface area contributed by atoms with E-state index in [-0.39, 0.29) is 44.0 Å². The first kappa shape index (κ1) is 64.0. The Morgan fingerprint density at radius 3 is 0.841 bits per heavy atom. The Balaban J connectivity index is 4.59. The topological polar surface area (TPSA) is 78.9 Å². The van der Waals surface area contributed by atoms with E-state index in [0.29, 0.717) is 12.8 Å². The maximum Gasteiger partial charge on any atom is 0.306 e. The molecular weight excluding hydrogens is 853 g/mol. The number of rotatable bonds is 46. The first-order valence-electron chi connectivity index (χ1n) is 27.0. The Labute approximate surface area is 422 Å². The molecule has 0 aromatic heterocycles. The van der Waals surface area contributed by atoms with Crippen LogP contribution in [-0.4, -0.2) is 37.2 Å². The van der Waals surface area contributed by atoms with Crippen molar-refractivity contribution < 1.29 is 28.6 Å². The van der Waals surface area contributed by atoms with E-state index >= 15 is 0 Å². The molecule has 0 heterocycles. The molecule has 0 radical (unpaired) electrons. The van der Waals surface area contributed by atoms with E-state index in [9.17, 15) is 14.4 Å². The van der Waals surface area contributed by atoms with Crippen molar-refractivity contribution in [2.45, 2.75) is 207 Å². The van der Waals surface area contributed by atoms with Gasteiger partial charge in [0.25, 0.3) is 0 Å². The number of carbonyl (C=O) groups excluding carboxylic acids is 3. The minimum atomic E-state index is -0.830. The third-order valence-electron chi connectivity index (χ3n) is 10.5. The molecule has 0 rings (SSSR count). The van der Waals surface area contributed by atoms with Crippen molar-refractivity contribution in [1.29, 1.82) is 0 Å². The molecule has 0 aliphatic rings. The van der Waals surface area contributed by atoms with E-state index in [1.54, 1.807) is 0 Å². The molecule has 0 spiro atoms. The van der Waals surface area contributed by atoms with Crippen LogP contribution in [-0.2, 0) is 28.6 Å². The summed E-state index contributed by atoms with van der Waals surface area (Å²) in [6.45, 7) is 6.19. The minimum absolute atomic E-state index is 0.126. The third-order valence-corrected chi connectivity index (χ3v) is 10.5. The van der Waals surface area contributed by atoms with Crippen molar-refractivity contribution in [2.75, 3.05) is 13.2 Å². The van der Waals surface area contributed by atoms with Gasteiger partial charge in [-0.1, -0.05) is 198 Å². The van der Waals surface area contributed by atoms with Crippen LogP contribution in [0.5, 0.6) is 0 Å². The molecule has 69 heavy (non-hydrogen) atoms. The summed E-state index contributed by atoms with van der Waals surface area (Å²) in [7, 11) is 0. The average molecular weight is 949 g/mol. The summed E-state index contributed by atoms with van der Waals surface area (Å²) in [5.41, 5.74) is 0. The van der Waals surface area contributed by atoms with Crippen LogP contribution in [0.4, 0.5) is 0 Å². The van der Waals surface area contributed by atoms with Gasteiger partial charge >= 0.3 is 17.9 Å². The third kappa shape index (κ3) is 53.8. The molecule has 0 N–H and O–H groups in total. The Hall–Kier alpha value is -4.97. The summed E-state index contributed by atoms with van der Waals surface area (Å²) in [6.07, 6.45) is 80.8. The standard InChI is InChI=1S/C63H96O6/c1-4-7-10-13-16-19-22-25-28-30-31-33-35-38-41-44-47-50-53-56-62(65)68-59-60(58-67-61(64)55-52-49-46-43-40-37-34-27-24-21-18-15-12-9-6-3)69-63(66)57-54-51-48-45-42-39-36-32-29-26-23-20-17-14-11-8-5-2/h7-12,16-21,25-29,31,33-34,36,38-41,43,60H,4-6,13-15,22-24,30,32,35,37,42,44-59H2,1-3H3/b10-7-,11-8-,12-9-,19-16-,20-17-,21-18-,28-25-,29-26-,33-31-,34-27-,39-36-,41-38-,43-40-/t60-/m0/s1. The summed E-state index contributed by atoms with van der Waals surface area (Å²) in [5, 5.41) is 0. The lowest BCUT2D eigenvalue weighted by Crippen LogP contribution is -2.30. The van der Waals surface area contributed by atoms with Crippen LogP contribution in [0.1, 0.15) is 201 Å². The Morgan fingerprint density at radius 1 is 0.290 bits per heavy atom.